The van der Waals surface area contributed by atoms with E-state index < -0.39 is 4.33 Å². The molecule has 0 aromatic rings. The first-order valence-electron chi connectivity index (χ1n) is 4.42. The van der Waals surface area contributed by atoms with Gasteiger partial charge in [0, 0.05) is 0 Å². The Morgan fingerprint density at radius 2 is 1.71 bits per heavy atom. The van der Waals surface area contributed by atoms with Gasteiger partial charge in [0.15, 0.2) is 4.33 Å². The van der Waals surface area contributed by atoms with E-state index in [0.29, 0.717) is 5.16 Å². The van der Waals surface area contributed by atoms with E-state index in [1.807, 2.05) is 13.8 Å². The van der Waals surface area contributed by atoms with Crippen molar-refractivity contribution in [2.24, 2.45) is 10.7 Å². The minimum Gasteiger partial charge on any atom is -0.385 e. The first kappa shape index (κ1) is 14.1. The predicted octanol–water partition coefficient (Wildman–Crippen LogP) is 3.81. The number of nitrogens with two attached hydrogens (primary N) is 1. The van der Waals surface area contributed by atoms with Gasteiger partial charge in [-0.1, -0.05) is 48.7 Å². The van der Waals surface area contributed by atoms with E-state index in [-0.39, 0.29) is 5.84 Å². The number of aliphatic imine (C=N–C) groups is 1. The van der Waals surface area contributed by atoms with E-state index in [9.17, 15) is 0 Å². The second-order valence-corrected chi connectivity index (χ2v) is 5.05. The van der Waals surface area contributed by atoms with Crippen molar-refractivity contribution in [3.63, 3.8) is 0 Å². The molecule has 14 heavy (non-hydrogen) atoms. The summed E-state index contributed by atoms with van der Waals surface area (Å²) in [5.41, 5.74) is 6.60. The highest BCUT2D eigenvalue weighted by Gasteiger charge is 2.22. The van der Waals surface area contributed by atoms with Gasteiger partial charge in [0.2, 0.25) is 0 Å². The average molecular weight is 258 g/mol. The number of rotatable bonds is 4. The molecule has 5 heteroatoms. The van der Waals surface area contributed by atoms with Crippen LogP contribution in [0.25, 0.3) is 0 Å². The van der Waals surface area contributed by atoms with Crippen molar-refractivity contribution in [3.05, 3.63) is 10.7 Å². The number of hydrogen-bond donors (Lipinski definition) is 1. The highest BCUT2D eigenvalue weighted by Crippen LogP contribution is 2.23. The fourth-order valence-corrected chi connectivity index (χ4v) is 1.27. The van der Waals surface area contributed by atoms with E-state index in [1.54, 1.807) is 6.92 Å². The van der Waals surface area contributed by atoms with Crippen LogP contribution >= 0.6 is 34.8 Å². The summed E-state index contributed by atoms with van der Waals surface area (Å²) in [5.74, 6) is 0.116. The van der Waals surface area contributed by atoms with E-state index >= 15 is 0 Å². The Kier molecular flexibility index (Phi) is 5.87. The zero-order valence-electron chi connectivity index (χ0n) is 8.57. The molecule has 0 unspecified atom stereocenters. The maximum absolute atomic E-state index is 5.94. The number of alkyl halides is 2. The molecule has 0 amide bonds. The molecule has 0 saturated carbocycles. The molecule has 0 aliphatic heterocycles. The fourth-order valence-electron chi connectivity index (χ4n) is 0.825. The molecule has 0 atom stereocenters. The van der Waals surface area contributed by atoms with Gasteiger partial charge in [0.05, 0.1) is 0 Å². The van der Waals surface area contributed by atoms with Crippen LogP contribution in [0.1, 0.15) is 33.6 Å². The molecule has 0 spiro atoms. The van der Waals surface area contributed by atoms with Crippen molar-refractivity contribution in [3.8, 4) is 0 Å². The molecule has 0 bridgehead atoms. The molecule has 82 valence electrons. The Morgan fingerprint density at radius 3 is 2.00 bits per heavy atom. The summed E-state index contributed by atoms with van der Waals surface area (Å²) in [6.07, 6.45) is 1.68. The molecule has 2 N–H and O–H groups in total. The zero-order valence-corrected chi connectivity index (χ0v) is 10.8. The van der Waals surface area contributed by atoms with Crippen LogP contribution in [0.2, 0.25) is 0 Å². The Labute approximate surface area is 100 Å². The summed E-state index contributed by atoms with van der Waals surface area (Å²) < 4.78 is -1.17. The molecule has 0 radical (unpaired) electrons. The van der Waals surface area contributed by atoms with Crippen LogP contribution in [0, 0.1) is 0 Å². The van der Waals surface area contributed by atoms with E-state index in [1.165, 1.54) is 0 Å². The molecule has 0 saturated heterocycles. The van der Waals surface area contributed by atoms with Crippen molar-refractivity contribution in [2.45, 2.75) is 37.9 Å². The highest BCUT2D eigenvalue weighted by atomic mass is 35.5. The van der Waals surface area contributed by atoms with Crippen LogP contribution in [0.5, 0.6) is 0 Å². The van der Waals surface area contributed by atoms with Crippen LogP contribution in [-0.4, -0.2) is 10.2 Å². The standard InChI is InChI=1S/C9H15Cl3N2/c1-4-6(5-2)7(10)14-8(13)9(3,11)12/h4-5H2,1-3H3,(H2,13,14). The highest BCUT2D eigenvalue weighted by molar-refractivity contribution is 6.58. The Morgan fingerprint density at radius 1 is 1.29 bits per heavy atom. The van der Waals surface area contributed by atoms with Crippen molar-refractivity contribution in [1.82, 2.24) is 0 Å². The largest absolute Gasteiger partial charge is 0.385 e. The molecule has 0 aromatic carbocycles. The minimum atomic E-state index is -1.17. The summed E-state index contributed by atoms with van der Waals surface area (Å²) in [6.45, 7) is 5.57. The molecule has 0 rings (SSSR count). The maximum atomic E-state index is 5.94. The smallest absolute Gasteiger partial charge is 0.172 e. The van der Waals surface area contributed by atoms with Crippen LogP contribution in [0.4, 0.5) is 0 Å². The van der Waals surface area contributed by atoms with Crippen molar-refractivity contribution in [1.29, 1.82) is 0 Å². The summed E-state index contributed by atoms with van der Waals surface area (Å²) in [7, 11) is 0. The predicted molar refractivity (Wildman–Crippen MR) is 65.2 cm³/mol. The second-order valence-electron chi connectivity index (χ2n) is 2.99. The quantitative estimate of drug-likeness (QED) is 0.354. The Bertz CT molecular complexity index is 245. The van der Waals surface area contributed by atoms with Gasteiger partial charge < -0.3 is 5.73 Å². The SMILES string of the molecule is CCC(CC)=C(Cl)/N=C(/N)C(C)(Cl)Cl. The molecular formula is C9H15Cl3N2. The first-order valence-corrected chi connectivity index (χ1v) is 5.56. The average Bonchev–Trinajstić information content (AvgIpc) is 2.04. The monoisotopic (exact) mass is 256 g/mol. The number of allylic oxidation sites excluding steroid dienone is 1. The van der Waals surface area contributed by atoms with E-state index in [2.05, 4.69) is 4.99 Å². The third kappa shape index (κ3) is 4.54. The fraction of sp³-hybridized carbons (Fsp3) is 0.667. The summed E-state index contributed by atoms with van der Waals surface area (Å²) in [5, 5.41) is 0.389. The van der Waals surface area contributed by atoms with Crippen molar-refractivity contribution < 1.29 is 0 Å². The van der Waals surface area contributed by atoms with E-state index in [4.69, 9.17) is 40.5 Å². The third-order valence-corrected chi connectivity index (χ3v) is 2.55. The maximum Gasteiger partial charge on any atom is 0.172 e. The van der Waals surface area contributed by atoms with Gasteiger partial charge in [0.1, 0.15) is 11.0 Å². The van der Waals surface area contributed by atoms with Crippen LogP contribution < -0.4 is 5.73 Å². The van der Waals surface area contributed by atoms with Crippen LogP contribution in [0.3, 0.4) is 0 Å². The number of amidine groups is 1. The van der Waals surface area contributed by atoms with Crippen LogP contribution in [-0.2, 0) is 0 Å². The molecule has 0 aliphatic rings. The minimum absolute atomic E-state index is 0.116. The molecule has 0 heterocycles. The molecule has 0 aromatic heterocycles. The number of halogens is 3. The molecule has 0 fully saturated rings. The lowest BCUT2D eigenvalue weighted by Crippen LogP contribution is -2.30. The lowest BCUT2D eigenvalue weighted by molar-refractivity contribution is 0.959. The second kappa shape index (κ2) is 5.84. The first-order chi connectivity index (χ1) is 6.32. The Hall–Kier alpha value is 0.0800. The topological polar surface area (TPSA) is 38.4 Å². The van der Waals surface area contributed by atoms with Gasteiger partial charge >= 0.3 is 0 Å². The normalized spacial score (nSPS) is 12.9. The summed E-state index contributed by atoms with van der Waals surface area (Å²) in [6, 6.07) is 0. The molecule has 2 nitrogen and oxygen atoms in total. The van der Waals surface area contributed by atoms with Crippen molar-refractivity contribution in [2.75, 3.05) is 0 Å². The molecule has 0 aliphatic carbocycles. The number of hydrogen-bond acceptors (Lipinski definition) is 1. The lowest BCUT2D eigenvalue weighted by atomic mass is 10.2. The van der Waals surface area contributed by atoms with E-state index in [0.717, 1.165) is 18.4 Å². The molecular weight excluding hydrogens is 242 g/mol. The number of nitrogens with zero attached hydrogens (tertiary/aromatic N) is 1. The zero-order chi connectivity index (χ0) is 11.4. The summed E-state index contributed by atoms with van der Waals surface area (Å²) in [4.78, 5) is 3.97. The summed E-state index contributed by atoms with van der Waals surface area (Å²) >= 11 is 17.4. The van der Waals surface area contributed by atoms with Gasteiger partial charge in [0.25, 0.3) is 0 Å². The van der Waals surface area contributed by atoms with Gasteiger partial charge in [-0.25, -0.2) is 4.99 Å². The van der Waals surface area contributed by atoms with Crippen LogP contribution in [0.15, 0.2) is 15.7 Å². The van der Waals surface area contributed by atoms with Gasteiger partial charge in [-0.05, 0) is 25.3 Å². The lowest BCUT2D eigenvalue weighted by Gasteiger charge is -2.12. The van der Waals surface area contributed by atoms with Gasteiger partial charge in [-0.15, -0.1) is 0 Å². The Balaban J connectivity index is 4.90. The van der Waals surface area contributed by atoms with Gasteiger partial charge in [-0.2, -0.15) is 0 Å². The van der Waals surface area contributed by atoms with Gasteiger partial charge in [-0.3, -0.25) is 0 Å². The van der Waals surface area contributed by atoms with Crippen molar-refractivity contribution >= 4 is 40.6 Å². The third-order valence-electron chi connectivity index (χ3n) is 1.81.